The number of hydrogen-bond donors (Lipinski definition) is 0. The fraction of sp³-hybridized carbons (Fsp3) is 0.478. The van der Waals surface area contributed by atoms with Gasteiger partial charge in [-0.05, 0) is 41.8 Å². The van der Waals surface area contributed by atoms with Gasteiger partial charge >= 0.3 is 6.03 Å². The fourth-order valence-corrected chi connectivity index (χ4v) is 4.79. The first-order chi connectivity index (χ1) is 13.8. The van der Waals surface area contributed by atoms with Gasteiger partial charge in [0, 0.05) is 32.1 Å². The van der Waals surface area contributed by atoms with Crippen LogP contribution in [0, 0.1) is 12.8 Å². The minimum absolute atomic E-state index is 0.00303. The van der Waals surface area contributed by atoms with Gasteiger partial charge in [-0.2, -0.15) is 0 Å². The topological polar surface area (TPSA) is 43.9 Å². The van der Waals surface area contributed by atoms with E-state index in [2.05, 4.69) is 56.5 Å². The molecule has 1 atom stereocenters. The minimum Gasteiger partial charge on any atom is -0.331 e. The van der Waals surface area contributed by atoms with E-state index in [1.807, 2.05) is 4.90 Å². The van der Waals surface area contributed by atoms with Crippen molar-refractivity contribution in [2.45, 2.75) is 33.2 Å². The smallest absolute Gasteiger partial charge is 0.319 e. The highest BCUT2D eigenvalue weighted by molar-refractivity contribution is 7.10. The Kier molecular flexibility index (Phi) is 6.63. The van der Waals surface area contributed by atoms with Gasteiger partial charge in [-0.1, -0.05) is 43.7 Å². The van der Waals surface area contributed by atoms with Gasteiger partial charge in [-0.3, -0.25) is 4.79 Å². The Labute approximate surface area is 177 Å². The lowest BCUT2D eigenvalue weighted by atomic mass is 9.92. The monoisotopic (exact) mass is 413 g/mol. The van der Waals surface area contributed by atoms with Gasteiger partial charge in [0.1, 0.15) is 6.54 Å². The highest BCUT2D eigenvalue weighted by Gasteiger charge is 2.34. The van der Waals surface area contributed by atoms with E-state index in [-0.39, 0.29) is 24.5 Å². The Morgan fingerprint density at radius 2 is 1.86 bits per heavy atom. The van der Waals surface area contributed by atoms with Crippen LogP contribution in [0.25, 0.3) is 0 Å². The van der Waals surface area contributed by atoms with E-state index < -0.39 is 0 Å². The maximum atomic E-state index is 13.4. The Bertz CT molecular complexity index is 857. The Balaban J connectivity index is 1.89. The molecule has 1 aliphatic heterocycles. The Morgan fingerprint density at radius 1 is 1.17 bits per heavy atom. The molecular weight excluding hydrogens is 382 g/mol. The number of benzene rings is 1. The molecule has 0 aliphatic carbocycles. The lowest BCUT2D eigenvalue weighted by molar-refractivity contribution is -0.134. The number of nitrogens with zero attached hydrogens (tertiary/aromatic N) is 3. The van der Waals surface area contributed by atoms with Gasteiger partial charge in [0.2, 0.25) is 5.91 Å². The van der Waals surface area contributed by atoms with E-state index >= 15 is 0 Å². The first kappa shape index (κ1) is 21.4. The molecule has 1 aromatic heterocycles. The molecule has 3 rings (SSSR count). The van der Waals surface area contributed by atoms with Crippen LogP contribution in [-0.2, 0) is 11.2 Å². The van der Waals surface area contributed by atoms with Crippen LogP contribution in [0.2, 0.25) is 0 Å². The second kappa shape index (κ2) is 8.99. The van der Waals surface area contributed by atoms with Gasteiger partial charge in [-0.25, -0.2) is 4.79 Å². The molecule has 0 spiro atoms. The van der Waals surface area contributed by atoms with Crippen molar-refractivity contribution in [1.29, 1.82) is 0 Å². The second-order valence-electron chi connectivity index (χ2n) is 8.40. The van der Waals surface area contributed by atoms with Crippen molar-refractivity contribution in [2.24, 2.45) is 5.92 Å². The molecule has 0 saturated heterocycles. The number of hydrogen-bond acceptors (Lipinski definition) is 3. The highest BCUT2D eigenvalue weighted by atomic mass is 32.1. The summed E-state index contributed by atoms with van der Waals surface area (Å²) in [6, 6.07) is 10.4. The van der Waals surface area contributed by atoms with Crippen LogP contribution in [0.4, 0.5) is 4.79 Å². The van der Waals surface area contributed by atoms with Crippen molar-refractivity contribution in [2.75, 3.05) is 33.7 Å². The summed E-state index contributed by atoms with van der Waals surface area (Å²) in [5, 5.41) is 2.11. The van der Waals surface area contributed by atoms with Crippen molar-refractivity contribution in [1.82, 2.24) is 14.7 Å². The van der Waals surface area contributed by atoms with E-state index in [1.165, 1.54) is 16.0 Å². The number of rotatable bonds is 5. The fourth-order valence-electron chi connectivity index (χ4n) is 3.88. The van der Waals surface area contributed by atoms with Gasteiger partial charge in [-0.15, -0.1) is 11.3 Å². The van der Waals surface area contributed by atoms with Crippen LogP contribution in [0.3, 0.4) is 0 Å². The lowest BCUT2D eigenvalue weighted by Gasteiger charge is -2.38. The van der Waals surface area contributed by atoms with Crippen LogP contribution in [-0.4, -0.2) is 60.4 Å². The van der Waals surface area contributed by atoms with Crippen molar-refractivity contribution in [3.8, 4) is 0 Å². The Hall–Kier alpha value is -2.34. The summed E-state index contributed by atoms with van der Waals surface area (Å²) in [6.07, 6.45) is 0.868. The van der Waals surface area contributed by atoms with E-state index in [0.717, 1.165) is 12.0 Å². The number of urea groups is 1. The third-order valence-electron chi connectivity index (χ3n) is 5.24. The molecule has 0 bridgehead atoms. The third-order valence-corrected chi connectivity index (χ3v) is 6.24. The summed E-state index contributed by atoms with van der Waals surface area (Å²) in [4.78, 5) is 32.6. The SMILES string of the molecule is Cc1ccc([C@@H]2c3ccsc3CCN2C(=O)CN(CC(C)C)C(=O)N(C)C)cc1. The summed E-state index contributed by atoms with van der Waals surface area (Å²) in [6.45, 7) is 7.55. The van der Waals surface area contributed by atoms with Crippen LogP contribution in [0.1, 0.15) is 41.5 Å². The molecule has 6 heteroatoms. The standard InChI is InChI=1S/C23H31N3O2S/c1-16(2)14-25(23(28)24(4)5)15-21(27)26-12-10-20-19(11-13-29-20)22(26)18-8-6-17(3)7-9-18/h6-9,11,13,16,22H,10,12,14-15H2,1-5H3/t22-/m1/s1. The maximum Gasteiger partial charge on any atom is 0.319 e. The molecule has 0 radical (unpaired) electrons. The Morgan fingerprint density at radius 3 is 2.48 bits per heavy atom. The molecule has 1 aromatic carbocycles. The first-order valence-electron chi connectivity index (χ1n) is 10.2. The maximum absolute atomic E-state index is 13.4. The molecule has 29 heavy (non-hydrogen) atoms. The predicted molar refractivity (Wildman–Crippen MR) is 118 cm³/mol. The van der Waals surface area contributed by atoms with Gasteiger partial charge in [0.25, 0.3) is 0 Å². The zero-order valence-electron chi connectivity index (χ0n) is 18.0. The van der Waals surface area contributed by atoms with Crippen molar-refractivity contribution in [3.05, 3.63) is 57.3 Å². The molecule has 0 saturated carbocycles. The van der Waals surface area contributed by atoms with Crippen LogP contribution in [0.5, 0.6) is 0 Å². The van der Waals surface area contributed by atoms with E-state index in [1.54, 1.807) is 35.2 Å². The van der Waals surface area contributed by atoms with Gasteiger partial charge in [0.05, 0.1) is 6.04 Å². The van der Waals surface area contributed by atoms with E-state index in [9.17, 15) is 9.59 Å². The molecule has 2 aromatic rings. The normalized spacial score (nSPS) is 15.9. The predicted octanol–water partition coefficient (Wildman–Crippen LogP) is 4.17. The van der Waals surface area contributed by atoms with Gasteiger partial charge < -0.3 is 14.7 Å². The van der Waals surface area contributed by atoms with Crippen LogP contribution in [0.15, 0.2) is 35.7 Å². The molecule has 3 amide bonds. The number of amides is 3. The average molecular weight is 414 g/mol. The van der Waals surface area contributed by atoms with Crippen molar-refractivity contribution >= 4 is 23.3 Å². The summed E-state index contributed by atoms with van der Waals surface area (Å²) in [7, 11) is 3.46. The first-order valence-corrected chi connectivity index (χ1v) is 11.0. The van der Waals surface area contributed by atoms with E-state index in [0.29, 0.717) is 19.0 Å². The molecule has 1 aliphatic rings. The zero-order chi connectivity index (χ0) is 21.1. The summed E-state index contributed by atoms with van der Waals surface area (Å²) in [5.74, 6) is 0.299. The number of fused-ring (bicyclic) bond motifs is 1. The zero-order valence-corrected chi connectivity index (χ0v) is 18.8. The third kappa shape index (κ3) is 4.81. The number of thiophene rings is 1. The molecule has 0 fully saturated rings. The number of aryl methyl sites for hydroxylation is 1. The van der Waals surface area contributed by atoms with Gasteiger partial charge in [0.15, 0.2) is 0 Å². The molecular formula is C23H31N3O2S. The second-order valence-corrected chi connectivity index (χ2v) is 9.40. The summed E-state index contributed by atoms with van der Waals surface area (Å²) >= 11 is 1.76. The largest absolute Gasteiger partial charge is 0.331 e. The average Bonchev–Trinajstić information content (AvgIpc) is 3.15. The molecule has 2 heterocycles. The molecule has 0 N–H and O–H groups in total. The molecule has 0 unspecified atom stereocenters. The molecule has 156 valence electrons. The minimum atomic E-state index is -0.118. The quantitative estimate of drug-likeness (QED) is 0.738. The lowest BCUT2D eigenvalue weighted by Crippen LogP contribution is -2.49. The number of carbonyl (C=O) groups is 2. The van der Waals surface area contributed by atoms with Crippen LogP contribution < -0.4 is 0 Å². The number of carbonyl (C=O) groups excluding carboxylic acids is 2. The molecule has 5 nitrogen and oxygen atoms in total. The summed E-state index contributed by atoms with van der Waals surface area (Å²) in [5.41, 5.74) is 3.54. The van der Waals surface area contributed by atoms with E-state index in [4.69, 9.17) is 0 Å². The highest BCUT2D eigenvalue weighted by Crippen LogP contribution is 2.38. The van der Waals surface area contributed by atoms with Crippen molar-refractivity contribution in [3.63, 3.8) is 0 Å². The summed E-state index contributed by atoms with van der Waals surface area (Å²) < 4.78 is 0. The van der Waals surface area contributed by atoms with Crippen molar-refractivity contribution < 1.29 is 9.59 Å². The van der Waals surface area contributed by atoms with Crippen LogP contribution >= 0.6 is 11.3 Å².